The van der Waals surface area contributed by atoms with Crippen LogP contribution in [0.3, 0.4) is 0 Å². The van der Waals surface area contributed by atoms with Gasteiger partial charge in [0.2, 0.25) is 6.73 Å². The minimum atomic E-state index is -1.13. The third-order valence-corrected chi connectivity index (χ3v) is 23.2. The van der Waals surface area contributed by atoms with Crippen LogP contribution in [-0.2, 0) is 37.3 Å². The van der Waals surface area contributed by atoms with Gasteiger partial charge in [-0.25, -0.2) is 14.6 Å². The highest BCUT2D eigenvalue weighted by Crippen LogP contribution is 2.41. The van der Waals surface area contributed by atoms with E-state index < -0.39 is 34.1 Å². The van der Waals surface area contributed by atoms with Crippen molar-refractivity contribution in [2.24, 2.45) is 17.8 Å². The zero-order valence-electron chi connectivity index (χ0n) is 59.8. The van der Waals surface area contributed by atoms with Crippen molar-refractivity contribution in [3.8, 4) is 67.9 Å². The van der Waals surface area contributed by atoms with Gasteiger partial charge in [-0.05, 0) is 197 Å². The van der Waals surface area contributed by atoms with Gasteiger partial charge in [0.1, 0.15) is 18.4 Å². The lowest BCUT2D eigenvalue weighted by atomic mass is 9.77. The van der Waals surface area contributed by atoms with E-state index in [1.807, 2.05) is 72.9 Å². The first-order valence-electron chi connectivity index (χ1n) is 35.7. The van der Waals surface area contributed by atoms with Crippen LogP contribution >= 0.6 is 0 Å². The molecule has 0 amide bonds. The van der Waals surface area contributed by atoms with Gasteiger partial charge in [0.25, 0.3) is 5.82 Å². The van der Waals surface area contributed by atoms with Gasteiger partial charge in [0.15, 0.2) is 11.6 Å². The number of benzene rings is 3. The third kappa shape index (κ3) is 21.9. The summed E-state index contributed by atoms with van der Waals surface area (Å²) in [7, 11) is -2.22. The average Bonchev–Trinajstić information content (AvgIpc) is 1.37. The van der Waals surface area contributed by atoms with E-state index in [1.54, 1.807) is 6.20 Å². The van der Waals surface area contributed by atoms with Crippen LogP contribution in [0.1, 0.15) is 148 Å². The molecule has 20 nitrogen and oxygen atoms in total. The van der Waals surface area contributed by atoms with Gasteiger partial charge in [-0.15, -0.1) is 4.68 Å². The van der Waals surface area contributed by atoms with Crippen molar-refractivity contribution in [3.63, 3.8) is 0 Å². The molecule has 12 rings (SSSR count). The first kappa shape index (κ1) is 74.0. The van der Waals surface area contributed by atoms with Crippen molar-refractivity contribution in [3.05, 3.63) is 162 Å². The highest BCUT2D eigenvalue weighted by molar-refractivity contribution is 6.76. The fourth-order valence-electron chi connectivity index (χ4n) is 13.7. The van der Waals surface area contributed by atoms with Crippen molar-refractivity contribution in [1.29, 1.82) is 0 Å². The Labute approximate surface area is 590 Å². The number of H-pyrrole nitrogens is 2. The largest absolute Gasteiger partial charge is 0.481 e. The first-order chi connectivity index (χ1) is 47.9. The van der Waals surface area contributed by atoms with Crippen molar-refractivity contribution in [2.45, 2.75) is 200 Å². The minimum absolute atomic E-state index is 0.300. The van der Waals surface area contributed by atoms with Crippen molar-refractivity contribution >= 4 is 34.1 Å². The number of hydrogen-bond donors (Lipinski definition) is 5. The predicted molar refractivity (Wildman–Crippen MR) is 394 cm³/mol. The molecule has 3 aromatic carbocycles. The molecule has 0 radical (unpaired) electrons. The smallest absolute Gasteiger partial charge is 0.318 e. The number of ether oxygens (including phenoxy) is 2. The molecule has 3 aliphatic carbocycles. The summed E-state index contributed by atoms with van der Waals surface area (Å²) in [5.41, 5.74) is 12.8. The number of carboxylic acid groups (broad SMARTS) is 3. The second kappa shape index (κ2) is 34.6. The van der Waals surface area contributed by atoms with Gasteiger partial charge >= 0.3 is 23.7 Å². The number of carboxylic acids is 3. The summed E-state index contributed by atoms with van der Waals surface area (Å²) >= 11 is 0. The molecule has 0 unspecified atom stereocenters. The summed E-state index contributed by atoms with van der Waals surface area (Å²) in [6, 6.07) is 40.4. The summed E-state index contributed by atoms with van der Waals surface area (Å²) in [6.45, 7) is 22.2. The highest BCUT2D eigenvalue weighted by Gasteiger charge is 2.28. The van der Waals surface area contributed by atoms with Gasteiger partial charge in [-0.2, -0.15) is 15.3 Å². The molecular weight excluding hydrogens is 1290 g/mol. The second-order valence-corrected chi connectivity index (χ2v) is 41.3. The summed E-state index contributed by atoms with van der Waals surface area (Å²) in [5, 5.41) is 41.9. The maximum absolute atomic E-state index is 11.0. The molecular formula is C78H101N12O8Si2+. The molecule has 0 atom stereocenters. The topological polar surface area (TPSA) is 274 Å². The number of aromatic amines is 2. The SMILES string of the molecule is Cc1nc(-c2ccc(-c3ccc(C4CCC(CC(=O)O)CC4)cc3)nc2)[nH][n+]1COCC[Si](C)(C)C.Cc1nc(-c2ccc(-c3ccc(C4CCC(CC(=O)O)CC4)cc3)nc2)n(COCC[Si](C)(C)C)n1.Cc1nc(-c2ccc(-c3ccc(C4CCC(CC(=O)O)CC4)cc3)nc2)n[nH]1. The molecule has 3 aliphatic rings. The Kier molecular flexibility index (Phi) is 25.6. The number of nitrogens with one attached hydrogen (secondary N) is 2. The number of rotatable bonds is 25. The Balaban J connectivity index is 0.000000163. The second-order valence-electron chi connectivity index (χ2n) is 30.1. The van der Waals surface area contributed by atoms with Crippen LogP contribution in [0.25, 0.3) is 67.9 Å². The van der Waals surface area contributed by atoms with E-state index in [9.17, 15) is 14.4 Å². The van der Waals surface area contributed by atoms with Crippen LogP contribution in [0.15, 0.2) is 128 Å². The Bertz CT molecular complexity index is 4070. The zero-order chi connectivity index (χ0) is 70.9. The molecule has 6 aromatic heterocycles. The zero-order valence-corrected chi connectivity index (χ0v) is 61.8. The fourth-order valence-corrected chi connectivity index (χ4v) is 15.2. The van der Waals surface area contributed by atoms with Crippen LogP contribution in [0.2, 0.25) is 51.4 Å². The van der Waals surface area contributed by atoms with Crippen LogP contribution in [0.5, 0.6) is 0 Å². The molecule has 100 heavy (non-hydrogen) atoms. The minimum Gasteiger partial charge on any atom is -0.481 e. The third-order valence-electron chi connectivity index (χ3n) is 19.8. The molecule has 3 fully saturated rings. The number of nitrogens with zero attached hydrogens (tertiary/aromatic N) is 10. The van der Waals surface area contributed by atoms with E-state index in [4.69, 9.17) is 34.8 Å². The van der Waals surface area contributed by atoms with Crippen LogP contribution in [-0.4, -0.2) is 118 Å². The number of pyridine rings is 3. The summed E-state index contributed by atoms with van der Waals surface area (Å²) in [5.74, 6) is 5.13. The average molecular weight is 1390 g/mol. The monoisotopic (exact) mass is 1390 g/mol. The molecule has 0 saturated heterocycles. The Hall–Kier alpha value is -8.71. The van der Waals surface area contributed by atoms with Crippen LogP contribution in [0.4, 0.5) is 0 Å². The van der Waals surface area contributed by atoms with Gasteiger partial charge in [-0.3, -0.25) is 34.4 Å². The van der Waals surface area contributed by atoms with E-state index in [-0.39, 0.29) is 0 Å². The standard InChI is InChI=1S/2C28H38N4O3Si.C22H24N4O2/c1-20-30-28(31-32(20)19-35-15-16-36(2,3)4)25-13-14-26(29-18-25)24-11-9-23(10-12-24)22-7-5-21(6-8-22)17-27(33)34;1-20-30-28(32(31-20)19-35-15-16-36(2,3)4)25-13-14-26(29-18-25)24-11-9-23(10-12-24)22-7-5-21(6-8-22)17-27(33)34;1-14-24-22(26-25-14)19-10-11-20(23-13-19)18-8-6-17(7-9-18)16-4-2-15(3-5-16)12-21(27)28/h2*9-14,18,21-22H,5-8,15-17,19H2,1-4H3,(H,33,34);6-11,13,15-16H,2-5,12H2,1H3,(H,27,28)(H,24,25,26)/p+1. The van der Waals surface area contributed by atoms with Gasteiger partial charge in [-0.1, -0.05) is 112 Å². The molecule has 0 bridgehead atoms. The number of aromatic nitrogens is 12. The molecule has 3 saturated carbocycles. The molecule has 9 aromatic rings. The molecule has 22 heteroatoms. The Morgan fingerprint density at radius 1 is 0.490 bits per heavy atom. The fraction of sp³-hybridized carbons (Fsp3) is 0.462. The number of aryl methyl sites for hydroxylation is 3. The van der Waals surface area contributed by atoms with Gasteiger partial charge in [0.05, 0.1) is 22.6 Å². The van der Waals surface area contributed by atoms with E-state index in [0.717, 1.165) is 182 Å². The van der Waals surface area contributed by atoms with E-state index >= 15 is 0 Å². The van der Waals surface area contributed by atoms with Crippen molar-refractivity contribution < 1.29 is 43.9 Å². The van der Waals surface area contributed by atoms with Crippen molar-refractivity contribution in [1.82, 2.24) is 55.0 Å². The van der Waals surface area contributed by atoms with Crippen LogP contribution < -0.4 is 4.68 Å². The van der Waals surface area contributed by atoms with Gasteiger partial charge < -0.3 is 24.8 Å². The maximum Gasteiger partial charge on any atom is 0.318 e. The lowest BCUT2D eigenvalue weighted by Crippen LogP contribution is -2.40. The van der Waals surface area contributed by atoms with E-state index in [0.29, 0.717) is 74.1 Å². The number of aliphatic carboxylic acids is 3. The Morgan fingerprint density at radius 2 is 0.880 bits per heavy atom. The summed E-state index contributed by atoms with van der Waals surface area (Å²) in [4.78, 5) is 60.4. The number of carbonyl (C=O) groups is 3. The first-order valence-corrected chi connectivity index (χ1v) is 43.1. The lowest BCUT2D eigenvalue weighted by Gasteiger charge is -2.28. The molecule has 0 spiro atoms. The van der Waals surface area contributed by atoms with Crippen LogP contribution in [0, 0.1) is 38.5 Å². The quantitative estimate of drug-likeness (QED) is 0.0202. The molecule has 6 heterocycles. The predicted octanol–water partition coefficient (Wildman–Crippen LogP) is 16.8. The highest BCUT2D eigenvalue weighted by atomic mass is 28.3. The normalized spacial score (nSPS) is 18.6. The molecule has 0 aliphatic heterocycles. The molecule has 5 N–H and O–H groups in total. The lowest BCUT2D eigenvalue weighted by molar-refractivity contribution is -0.786. The Morgan fingerprint density at radius 3 is 1.25 bits per heavy atom. The van der Waals surface area contributed by atoms with Crippen molar-refractivity contribution in [2.75, 3.05) is 13.2 Å². The summed E-state index contributed by atoms with van der Waals surface area (Å²) < 4.78 is 15.5. The maximum atomic E-state index is 11.0. The van der Waals surface area contributed by atoms with E-state index in [2.05, 4.69) is 158 Å². The summed E-state index contributed by atoms with van der Waals surface area (Å²) in [6.07, 6.45) is 18.8. The number of hydrogen-bond acceptors (Lipinski definition) is 13. The molecule has 528 valence electrons. The van der Waals surface area contributed by atoms with Gasteiger partial charge in [0, 0.05) is 102 Å². The van der Waals surface area contributed by atoms with E-state index in [1.165, 1.54) is 16.7 Å².